The highest BCUT2D eigenvalue weighted by Crippen LogP contribution is 2.05. The van der Waals surface area contributed by atoms with E-state index in [2.05, 4.69) is 55.5 Å². The molecular weight excluding hydrogens is 296 g/mol. The van der Waals surface area contributed by atoms with Gasteiger partial charge in [-0.3, -0.25) is 4.79 Å². The Hall–Kier alpha value is -1.57. The van der Waals surface area contributed by atoms with Crippen LogP contribution < -0.4 is 0 Å². The summed E-state index contributed by atoms with van der Waals surface area (Å²) in [5, 5.41) is 8.53. The van der Waals surface area contributed by atoms with Gasteiger partial charge in [0.15, 0.2) is 0 Å². The predicted molar refractivity (Wildman–Crippen MR) is 105 cm³/mol. The Morgan fingerprint density at radius 2 is 1.12 bits per heavy atom. The molecule has 0 bridgehead atoms. The third kappa shape index (κ3) is 20.4. The second kappa shape index (κ2) is 19.5. The van der Waals surface area contributed by atoms with Gasteiger partial charge in [-0.1, -0.05) is 62.0 Å². The number of rotatable bonds is 16. The topological polar surface area (TPSA) is 37.3 Å². The van der Waals surface area contributed by atoms with Gasteiger partial charge in [0.05, 0.1) is 0 Å². The van der Waals surface area contributed by atoms with Gasteiger partial charge < -0.3 is 5.11 Å². The maximum atomic E-state index is 10.4. The number of allylic oxidation sites excluding steroid dienone is 8. The minimum Gasteiger partial charge on any atom is -0.481 e. The molecule has 0 aliphatic carbocycles. The standard InChI is InChI=1S/C22H36O2/c1-2-3-4-5-6-7-8-9-10-11-12-13-14-15-16-17-18-19-20-21-22(23)24/h3-4,9-10,12-13,15-16H,2,5-8,11,14,17-21H2,1H3,(H,23,24). The van der Waals surface area contributed by atoms with Gasteiger partial charge >= 0.3 is 5.97 Å². The molecule has 0 aromatic heterocycles. The van der Waals surface area contributed by atoms with E-state index in [0.717, 1.165) is 44.9 Å². The fourth-order valence-electron chi connectivity index (χ4n) is 2.30. The molecule has 0 rings (SSSR count). The predicted octanol–water partition coefficient (Wildman–Crippen LogP) is 7.00. The lowest BCUT2D eigenvalue weighted by Crippen LogP contribution is -1.93. The van der Waals surface area contributed by atoms with Gasteiger partial charge in [0, 0.05) is 6.42 Å². The average molecular weight is 333 g/mol. The van der Waals surface area contributed by atoms with Crippen LogP contribution in [0.5, 0.6) is 0 Å². The van der Waals surface area contributed by atoms with Crippen LogP contribution in [0.3, 0.4) is 0 Å². The third-order valence-corrected chi connectivity index (χ3v) is 3.70. The van der Waals surface area contributed by atoms with Crippen molar-refractivity contribution in [1.29, 1.82) is 0 Å². The molecule has 0 atom stereocenters. The summed E-state index contributed by atoms with van der Waals surface area (Å²) >= 11 is 0. The van der Waals surface area contributed by atoms with Crippen LogP contribution in [0, 0.1) is 0 Å². The van der Waals surface area contributed by atoms with E-state index in [9.17, 15) is 4.79 Å². The Bertz CT molecular complexity index is 389. The summed E-state index contributed by atoms with van der Waals surface area (Å²) in [4.78, 5) is 10.4. The van der Waals surface area contributed by atoms with Crippen LogP contribution in [0.2, 0.25) is 0 Å². The Morgan fingerprint density at radius 1 is 0.667 bits per heavy atom. The van der Waals surface area contributed by atoms with Crippen LogP contribution in [-0.4, -0.2) is 11.1 Å². The quantitative estimate of drug-likeness (QED) is 0.244. The first-order valence-electron chi connectivity index (χ1n) is 9.59. The van der Waals surface area contributed by atoms with E-state index in [1.54, 1.807) is 0 Å². The molecule has 0 aromatic carbocycles. The van der Waals surface area contributed by atoms with Crippen molar-refractivity contribution in [3.8, 4) is 0 Å². The normalized spacial score (nSPS) is 12.4. The fourth-order valence-corrected chi connectivity index (χ4v) is 2.30. The first kappa shape index (κ1) is 22.4. The zero-order chi connectivity index (χ0) is 17.7. The lowest BCUT2D eigenvalue weighted by molar-refractivity contribution is -0.137. The highest BCUT2D eigenvalue weighted by Gasteiger charge is 1.94. The van der Waals surface area contributed by atoms with E-state index in [1.165, 1.54) is 25.7 Å². The van der Waals surface area contributed by atoms with E-state index in [0.29, 0.717) is 6.42 Å². The van der Waals surface area contributed by atoms with Crippen LogP contribution in [0.1, 0.15) is 84.0 Å². The van der Waals surface area contributed by atoms with Crippen LogP contribution in [-0.2, 0) is 4.79 Å². The van der Waals surface area contributed by atoms with Gasteiger partial charge in [-0.25, -0.2) is 0 Å². The average Bonchev–Trinajstić information content (AvgIpc) is 2.56. The highest BCUT2D eigenvalue weighted by atomic mass is 16.4. The zero-order valence-electron chi connectivity index (χ0n) is 15.5. The molecule has 0 spiro atoms. The SMILES string of the molecule is CCC=CCCCCC=CCC=CCC=CCCCCCC(=O)O. The molecule has 0 unspecified atom stereocenters. The van der Waals surface area contributed by atoms with Crippen LogP contribution >= 0.6 is 0 Å². The molecule has 136 valence electrons. The van der Waals surface area contributed by atoms with Crippen molar-refractivity contribution in [2.45, 2.75) is 84.0 Å². The second-order valence-corrected chi connectivity index (χ2v) is 6.04. The summed E-state index contributed by atoms with van der Waals surface area (Å²) in [6, 6.07) is 0. The molecule has 0 aliphatic heterocycles. The number of unbranched alkanes of at least 4 members (excludes halogenated alkanes) is 6. The molecule has 2 heteroatoms. The van der Waals surface area contributed by atoms with Crippen molar-refractivity contribution in [2.75, 3.05) is 0 Å². The van der Waals surface area contributed by atoms with Crippen molar-refractivity contribution in [3.05, 3.63) is 48.6 Å². The zero-order valence-corrected chi connectivity index (χ0v) is 15.5. The Balaban J connectivity index is 3.33. The maximum absolute atomic E-state index is 10.4. The number of aliphatic carboxylic acids is 1. The third-order valence-electron chi connectivity index (χ3n) is 3.70. The second-order valence-electron chi connectivity index (χ2n) is 6.04. The Morgan fingerprint density at radius 3 is 1.62 bits per heavy atom. The number of carboxylic acids is 1. The molecule has 24 heavy (non-hydrogen) atoms. The number of hydrogen-bond donors (Lipinski definition) is 1. The number of hydrogen-bond acceptors (Lipinski definition) is 1. The molecule has 0 amide bonds. The molecule has 0 aromatic rings. The first-order chi connectivity index (χ1) is 11.8. The smallest absolute Gasteiger partial charge is 0.303 e. The van der Waals surface area contributed by atoms with E-state index < -0.39 is 5.97 Å². The fraction of sp³-hybridized carbons (Fsp3) is 0.591. The molecule has 0 saturated carbocycles. The van der Waals surface area contributed by atoms with Gasteiger partial charge in [-0.15, -0.1) is 0 Å². The van der Waals surface area contributed by atoms with Crippen molar-refractivity contribution in [3.63, 3.8) is 0 Å². The van der Waals surface area contributed by atoms with Gasteiger partial charge in [-0.2, -0.15) is 0 Å². The van der Waals surface area contributed by atoms with E-state index in [1.807, 2.05) is 0 Å². The first-order valence-corrected chi connectivity index (χ1v) is 9.59. The van der Waals surface area contributed by atoms with E-state index >= 15 is 0 Å². The molecular formula is C22H36O2. The lowest BCUT2D eigenvalue weighted by atomic mass is 10.1. The monoisotopic (exact) mass is 332 g/mol. The summed E-state index contributed by atoms with van der Waals surface area (Å²) in [6.07, 6.45) is 30.3. The molecule has 0 fully saturated rings. The summed E-state index contributed by atoms with van der Waals surface area (Å²) in [5.74, 6) is -0.686. The van der Waals surface area contributed by atoms with Crippen LogP contribution in [0.25, 0.3) is 0 Å². The van der Waals surface area contributed by atoms with Crippen molar-refractivity contribution in [2.24, 2.45) is 0 Å². The molecule has 2 nitrogen and oxygen atoms in total. The summed E-state index contributed by atoms with van der Waals surface area (Å²) < 4.78 is 0. The molecule has 1 N–H and O–H groups in total. The summed E-state index contributed by atoms with van der Waals surface area (Å²) in [6.45, 7) is 2.17. The minimum absolute atomic E-state index is 0.301. The highest BCUT2D eigenvalue weighted by molar-refractivity contribution is 5.66. The maximum Gasteiger partial charge on any atom is 0.303 e. The van der Waals surface area contributed by atoms with Crippen molar-refractivity contribution >= 4 is 5.97 Å². The Labute approximate surface area is 149 Å². The number of carbonyl (C=O) groups is 1. The lowest BCUT2D eigenvalue weighted by Gasteiger charge is -1.94. The molecule has 0 radical (unpaired) electrons. The molecule has 0 saturated heterocycles. The van der Waals surface area contributed by atoms with Gasteiger partial charge in [0.25, 0.3) is 0 Å². The summed E-state index contributed by atoms with van der Waals surface area (Å²) in [7, 11) is 0. The van der Waals surface area contributed by atoms with E-state index in [-0.39, 0.29) is 0 Å². The van der Waals surface area contributed by atoms with Crippen LogP contribution in [0.4, 0.5) is 0 Å². The van der Waals surface area contributed by atoms with Crippen LogP contribution in [0.15, 0.2) is 48.6 Å². The van der Waals surface area contributed by atoms with Gasteiger partial charge in [0.1, 0.15) is 0 Å². The van der Waals surface area contributed by atoms with Crippen molar-refractivity contribution < 1.29 is 9.90 Å². The largest absolute Gasteiger partial charge is 0.481 e. The van der Waals surface area contributed by atoms with Gasteiger partial charge in [-0.05, 0) is 64.2 Å². The minimum atomic E-state index is -0.686. The van der Waals surface area contributed by atoms with Gasteiger partial charge in [0.2, 0.25) is 0 Å². The van der Waals surface area contributed by atoms with Crippen molar-refractivity contribution in [1.82, 2.24) is 0 Å². The number of carboxylic acid groups (broad SMARTS) is 1. The summed E-state index contributed by atoms with van der Waals surface area (Å²) in [5.41, 5.74) is 0. The molecule has 0 heterocycles. The molecule has 0 aliphatic rings. The Kier molecular flexibility index (Phi) is 18.2. The van der Waals surface area contributed by atoms with E-state index in [4.69, 9.17) is 5.11 Å².